The normalized spacial score (nSPS) is 22.1. The molecule has 1 heterocycles. The fourth-order valence-electron chi connectivity index (χ4n) is 2.72. The molecule has 0 amide bonds. The first-order valence-corrected chi connectivity index (χ1v) is 7.75. The van der Waals surface area contributed by atoms with Crippen LogP contribution < -0.4 is 5.73 Å². The Labute approximate surface area is 128 Å². The SMILES string of the molecule is CN(C)C1CCN(C(CN)c2ccc(Cl)cc2Br)C1. The first-order valence-electron chi connectivity index (χ1n) is 6.58. The third-order valence-corrected chi connectivity index (χ3v) is 4.83. The molecule has 2 atom stereocenters. The zero-order chi connectivity index (χ0) is 14.0. The van der Waals surface area contributed by atoms with Gasteiger partial charge in [-0.05, 0) is 38.2 Å². The predicted octanol–water partition coefficient (Wildman–Crippen LogP) is 2.74. The quantitative estimate of drug-likeness (QED) is 0.910. The molecule has 1 saturated heterocycles. The van der Waals surface area contributed by atoms with Crippen molar-refractivity contribution in [2.75, 3.05) is 33.7 Å². The average Bonchev–Trinajstić information content (AvgIpc) is 2.82. The van der Waals surface area contributed by atoms with Crippen molar-refractivity contribution in [3.8, 4) is 0 Å². The van der Waals surface area contributed by atoms with E-state index >= 15 is 0 Å². The van der Waals surface area contributed by atoms with E-state index in [1.165, 1.54) is 12.0 Å². The molecular weight excluding hydrogens is 326 g/mol. The maximum absolute atomic E-state index is 6.01. The van der Waals surface area contributed by atoms with E-state index in [1.807, 2.05) is 12.1 Å². The van der Waals surface area contributed by atoms with E-state index in [-0.39, 0.29) is 6.04 Å². The van der Waals surface area contributed by atoms with Gasteiger partial charge in [0.05, 0.1) is 0 Å². The molecule has 1 aliphatic rings. The molecule has 0 aromatic heterocycles. The molecule has 1 aromatic rings. The van der Waals surface area contributed by atoms with Crippen LogP contribution in [0.3, 0.4) is 0 Å². The minimum atomic E-state index is 0.261. The van der Waals surface area contributed by atoms with Crippen LogP contribution in [0.4, 0.5) is 0 Å². The largest absolute Gasteiger partial charge is 0.329 e. The van der Waals surface area contributed by atoms with Gasteiger partial charge in [-0.15, -0.1) is 0 Å². The second kappa shape index (κ2) is 6.55. The van der Waals surface area contributed by atoms with E-state index in [2.05, 4.69) is 45.9 Å². The summed E-state index contributed by atoms with van der Waals surface area (Å²) in [5, 5.41) is 0.749. The maximum Gasteiger partial charge on any atom is 0.0482 e. The molecule has 5 heteroatoms. The lowest BCUT2D eigenvalue weighted by Crippen LogP contribution is -2.36. The van der Waals surface area contributed by atoms with E-state index in [4.69, 9.17) is 17.3 Å². The van der Waals surface area contributed by atoms with Gasteiger partial charge >= 0.3 is 0 Å². The first-order chi connectivity index (χ1) is 9.02. The highest BCUT2D eigenvalue weighted by Gasteiger charge is 2.30. The minimum absolute atomic E-state index is 0.261. The van der Waals surface area contributed by atoms with Crippen LogP contribution in [0.1, 0.15) is 18.0 Å². The van der Waals surface area contributed by atoms with E-state index in [0.717, 1.165) is 22.6 Å². The zero-order valence-electron chi connectivity index (χ0n) is 11.4. The van der Waals surface area contributed by atoms with Crippen LogP contribution in [0.15, 0.2) is 22.7 Å². The highest BCUT2D eigenvalue weighted by molar-refractivity contribution is 9.10. The van der Waals surface area contributed by atoms with Crippen molar-refractivity contribution in [2.24, 2.45) is 5.73 Å². The van der Waals surface area contributed by atoms with E-state index in [0.29, 0.717) is 12.6 Å². The molecule has 106 valence electrons. The second-order valence-corrected chi connectivity index (χ2v) is 6.61. The zero-order valence-corrected chi connectivity index (χ0v) is 13.8. The highest BCUT2D eigenvalue weighted by Crippen LogP contribution is 2.32. The van der Waals surface area contributed by atoms with Crippen molar-refractivity contribution in [1.82, 2.24) is 9.80 Å². The maximum atomic E-state index is 6.01. The minimum Gasteiger partial charge on any atom is -0.329 e. The summed E-state index contributed by atoms with van der Waals surface area (Å²) in [7, 11) is 4.29. The third-order valence-electron chi connectivity index (χ3n) is 3.91. The van der Waals surface area contributed by atoms with Crippen molar-refractivity contribution in [1.29, 1.82) is 0 Å². The standard InChI is InChI=1S/C14H21BrClN3/c1-18(2)11-5-6-19(9-11)14(8-17)12-4-3-10(16)7-13(12)15/h3-4,7,11,14H,5-6,8-9,17H2,1-2H3. The van der Waals surface area contributed by atoms with E-state index in [1.54, 1.807) is 0 Å². The van der Waals surface area contributed by atoms with Crippen LogP contribution in [0.5, 0.6) is 0 Å². The number of hydrogen-bond acceptors (Lipinski definition) is 3. The van der Waals surface area contributed by atoms with Gasteiger partial charge in [0.1, 0.15) is 0 Å². The number of rotatable bonds is 4. The third kappa shape index (κ3) is 3.50. The summed E-state index contributed by atoms with van der Waals surface area (Å²) < 4.78 is 1.05. The van der Waals surface area contributed by atoms with Gasteiger partial charge in [-0.1, -0.05) is 33.6 Å². The molecule has 3 nitrogen and oxygen atoms in total. The Balaban J connectivity index is 2.16. The van der Waals surface area contributed by atoms with Crippen molar-refractivity contribution < 1.29 is 0 Å². The van der Waals surface area contributed by atoms with Crippen LogP contribution >= 0.6 is 27.5 Å². The van der Waals surface area contributed by atoms with E-state index < -0.39 is 0 Å². The van der Waals surface area contributed by atoms with Gasteiger partial charge < -0.3 is 10.6 Å². The number of halogens is 2. The number of hydrogen-bond donors (Lipinski definition) is 1. The van der Waals surface area contributed by atoms with Crippen LogP contribution in [-0.4, -0.2) is 49.6 Å². The Hall–Kier alpha value is -0.130. The summed E-state index contributed by atoms with van der Waals surface area (Å²) in [6.07, 6.45) is 1.20. The predicted molar refractivity (Wildman–Crippen MR) is 84.6 cm³/mol. The number of likely N-dealkylation sites (tertiary alicyclic amines) is 1. The Kier molecular flexibility index (Phi) is 5.26. The molecule has 0 radical (unpaired) electrons. The molecule has 0 aliphatic carbocycles. The molecule has 0 spiro atoms. The number of benzene rings is 1. The van der Waals surface area contributed by atoms with E-state index in [9.17, 15) is 0 Å². The van der Waals surface area contributed by atoms with Gasteiger partial charge in [0.25, 0.3) is 0 Å². The van der Waals surface area contributed by atoms with Crippen molar-refractivity contribution in [3.63, 3.8) is 0 Å². The fourth-order valence-corrected chi connectivity index (χ4v) is 3.66. The lowest BCUT2D eigenvalue weighted by Gasteiger charge is -2.29. The molecule has 2 unspecified atom stereocenters. The lowest BCUT2D eigenvalue weighted by molar-refractivity contribution is 0.220. The van der Waals surface area contributed by atoms with Gasteiger partial charge in [0.2, 0.25) is 0 Å². The Bertz CT molecular complexity index is 439. The summed E-state index contributed by atoms with van der Waals surface area (Å²) in [4.78, 5) is 4.77. The van der Waals surface area contributed by atoms with Crippen molar-refractivity contribution >= 4 is 27.5 Å². The van der Waals surface area contributed by atoms with Gasteiger partial charge in [-0.25, -0.2) is 0 Å². The molecule has 19 heavy (non-hydrogen) atoms. The summed E-state index contributed by atoms with van der Waals surface area (Å²) in [6, 6.07) is 6.84. The van der Waals surface area contributed by atoms with Crippen LogP contribution in [0, 0.1) is 0 Å². The van der Waals surface area contributed by atoms with Crippen molar-refractivity contribution in [2.45, 2.75) is 18.5 Å². The molecule has 1 aromatic carbocycles. The fraction of sp³-hybridized carbons (Fsp3) is 0.571. The number of nitrogens with two attached hydrogens (primary N) is 1. The Morgan fingerprint density at radius 3 is 2.79 bits per heavy atom. The number of nitrogens with zero attached hydrogens (tertiary/aromatic N) is 2. The van der Waals surface area contributed by atoms with Gasteiger partial charge in [-0.3, -0.25) is 4.90 Å². The van der Waals surface area contributed by atoms with Crippen LogP contribution in [0.2, 0.25) is 5.02 Å². The molecule has 1 aliphatic heterocycles. The molecule has 2 N–H and O–H groups in total. The van der Waals surface area contributed by atoms with Gasteiger partial charge in [0, 0.05) is 41.2 Å². The molecular formula is C14H21BrClN3. The van der Waals surface area contributed by atoms with Crippen molar-refractivity contribution in [3.05, 3.63) is 33.3 Å². The Morgan fingerprint density at radius 1 is 1.53 bits per heavy atom. The van der Waals surface area contributed by atoms with Gasteiger partial charge in [0.15, 0.2) is 0 Å². The molecule has 0 bridgehead atoms. The summed E-state index contributed by atoms with van der Waals surface area (Å²) in [6.45, 7) is 2.80. The summed E-state index contributed by atoms with van der Waals surface area (Å²) in [5.74, 6) is 0. The molecule has 1 fully saturated rings. The lowest BCUT2D eigenvalue weighted by atomic mass is 10.1. The summed E-state index contributed by atoms with van der Waals surface area (Å²) in [5.41, 5.74) is 7.23. The number of likely N-dealkylation sites (N-methyl/N-ethyl adjacent to an activating group) is 1. The smallest absolute Gasteiger partial charge is 0.0482 e. The van der Waals surface area contributed by atoms with Gasteiger partial charge in [-0.2, -0.15) is 0 Å². The van der Waals surface area contributed by atoms with Crippen LogP contribution in [-0.2, 0) is 0 Å². The molecule has 2 rings (SSSR count). The molecule has 0 saturated carbocycles. The van der Waals surface area contributed by atoms with Crippen LogP contribution in [0.25, 0.3) is 0 Å². The average molecular weight is 347 g/mol. The first kappa shape index (κ1) is 15.3. The second-order valence-electron chi connectivity index (χ2n) is 5.32. The topological polar surface area (TPSA) is 32.5 Å². The Morgan fingerprint density at radius 2 is 2.26 bits per heavy atom. The summed E-state index contributed by atoms with van der Waals surface area (Å²) >= 11 is 9.61. The monoisotopic (exact) mass is 345 g/mol. The highest BCUT2D eigenvalue weighted by atomic mass is 79.9.